The molecule has 1 heterocycles. The van der Waals surface area contributed by atoms with Crippen LogP contribution in [0.25, 0.3) is 0 Å². The maximum atomic E-state index is 12.9. The summed E-state index contributed by atoms with van der Waals surface area (Å²) in [6.07, 6.45) is 1.76. The fourth-order valence-electron chi connectivity index (χ4n) is 3.09. The zero-order chi connectivity index (χ0) is 21.5. The molecule has 0 fully saturated rings. The standard InChI is InChI=1S/C23H26BrN3O3/c1-4-27-22(21(24)14-25-27)15-26(3)23(28)18-8-6-7-17(13-18)16-30-20-11-9-19(10-12-20)29-5-2/h6-14H,4-5,15-16H2,1-3H3. The molecule has 0 bridgehead atoms. The molecule has 0 atom stereocenters. The van der Waals surface area contributed by atoms with Crippen LogP contribution in [0.5, 0.6) is 11.5 Å². The number of carbonyl (C=O) groups excluding carboxylic acids is 1. The fourth-order valence-corrected chi connectivity index (χ4v) is 3.52. The van der Waals surface area contributed by atoms with Crippen LogP contribution < -0.4 is 9.47 Å². The van der Waals surface area contributed by atoms with Gasteiger partial charge in [-0.3, -0.25) is 9.48 Å². The molecule has 2 aromatic carbocycles. The van der Waals surface area contributed by atoms with Crippen LogP contribution in [-0.4, -0.2) is 34.2 Å². The Morgan fingerprint density at radius 3 is 2.47 bits per heavy atom. The Bertz CT molecular complexity index is 986. The summed E-state index contributed by atoms with van der Waals surface area (Å²) >= 11 is 3.51. The molecular formula is C23H26BrN3O3. The Balaban J connectivity index is 1.63. The molecule has 0 N–H and O–H groups in total. The van der Waals surface area contributed by atoms with Crippen molar-refractivity contribution in [3.8, 4) is 11.5 Å². The number of amides is 1. The third kappa shape index (κ3) is 5.42. The van der Waals surface area contributed by atoms with E-state index in [1.807, 2.05) is 67.1 Å². The van der Waals surface area contributed by atoms with Crippen LogP contribution in [0, 0.1) is 0 Å². The lowest BCUT2D eigenvalue weighted by atomic mass is 10.1. The van der Waals surface area contributed by atoms with Crippen LogP contribution in [0.15, 0.2) is 59.2 Å². The van der Waals surface area contributed by atoms with E-state index in [9.17, 15) is 4.79 Å². The van der Waals surface area contributed by atoms with E-state index in [-0.39, 0.29) is 5.91 Å². The average molecular weight is 472 g/mol. The van der Waals surface area contributed by atoms with Crippen molar-refractivity contribution in [3.63, 3.8) is 0 Å². The van der Waals surface area contributed by atoms with Gasteiger partial charge in [0.05, 0.1) is 29.5 Å². The largest absolute Gasteiger partial charge is 0.494 e. The van der Waals surface area contributed by atoms with Gasteiger partial charge in [-0.2, -0.15) is 5.10 Å². The second-order valence-electron chi connectivity index (χ2n) is 6.81. The second-order valence-corrected chi connectivity index (χ2v) is 7.66. The molecule has 7 heteroatoms. The molecule has 0 saturated carbocycles. The van der Waals surface area contributed by atoms with Crippen LogP contribution in [0.4, 0.5) is 0 Å². The van der Waals surface area contributed by atoms with Gasteiger partial charge < -0.3 is 14.4 Å². The average Bonchev–Trinajstić information content (AvgIpc) is 3.12. The number of aryl methyl sites for hydroxylation is 1. The van der Waals surface area contributed by atoms with E-state index in [4.69, 9.17) is 9.47 Å². The van der Waals surface area contributed by atoms with E-state index in [2.05, 4.69) is 21.0 Å². The lowest BCUT2D eigenvalue weighted by molar-refractivity contribution is 0.0781. The lowest BCUT2D eigenvalue weighted by Crippen LogP contribution is -2.27. The van der Waals surface area contributed by atoms with Crippen molar-refractivity contribution in [2.45, 2.75) is 33.5 Å². The van der Waals surface area contributed by atoms with Gasteiger partial charge in [-0.25, -0.2) is 0 Å². The molecule has 3 rings (SSSR count). The summed E-state index contributed by atoms with van der Waals surface area (Å²) in [6.45, 7) is 6.22. The van der Waals surface area contributed by atoms with E-state index in [1.165, 1.54) is 0 Å². The van der Waals surface area contributed by atoms with Gasteiger partial charge in [0.1, 0.15) is 18.1 Å². The van der Waals surface area contributed by atoms with Crippen LogP contribution in [0.1, 0.15) is 35.5 Å². The van der Waals surface area contributed by atoms with Gasteiger partial charge in [0.25, 0.3) is 5.91 Å². The highest BCUT2D eigenvalue weighted by Crippen LogP contribution is 2.20. The van der Waals surface area contributed by atoms with Crippen LogP contribution >= 0.6 is 15.9 Å². The molecular weight excluding hydrogens is 446 g/mol. The molecule has 3 aromatic rings. The van der Waals surface area contributed by atoms with E-state index < -0.39 is 0 Å². The van der Waals surface area contributed by atoms with Crippen molar-refractivity contribution in [2.24, 2.45) is 0 Å². The van der Waals surface area contributed by atoms with Gasteiger partial charge in [0.15, 0.2) is 0 Å². The number of hydrogen-bond donors (Lipinski definition) is 0. The number of rotatable bonds is 9. The van der Waals surface area contributed by atoms with Gasteiger partial charge in [0.2, 0.25) is 0 Å². The summed E-state index contributed by atoms with van der Waals surface area (Å²) in [7, 11) is 1.80. The quantitative estimate of drug-likeness (QED) is 0.444. The Labute approximate surface area is 185 Å². The SMILES string of the molecule is CCOc1ccc(OCc2cccc(C(=O)N(C)Cc3c(Br)cnn3CC)c2)cc1. The Hall–Kier alpha value is -2.80. The van der Waals surface area contributed by atoms with Crippen molar-refractivity contribution in [1.29, 1.82) is 0 Å². The molecule has 0 unspecified atom stereocenters. The van der Waals surface area contributed by atoms with Crippen molar-refractivity contribution in [1.82, 2.24) is 14.7 Å². The summed E-state index contributed by atoms with van der Waals surface area (Å²) in [5.74, 6) is 1.52. The minimum Gasteiger partial charge on any atom is -0.494 e. The van der Waals surface area contributed by atoms with E-state index in [0.717, 1.165) is 33.8 Å². The summed E-state index contributed by atoms with van der Waals surface area (Å²) in [6, 6.07) is 15.0. The predicted octanol–water partition coefficient (Wildman–Crippen LogP) is 4.92. The van der Waals surface area contributed by atoms with Gasteiger partial charge in [-0.05, 0) is 71.7 Å². The topological polar surface area (TPSA) is 56.6 Å². The van der Waals surface area contributed by atoms with Gasteiger partial charge in [-0.15, -0.1) is 0 Å². The monoisotopic (exact) mass is 471 g/mol. The molecule has 1 amide bonds. The van der Waals surface area contributed by atoms with Crippen LogP contribution in [0.2, 0.25) is 0 Å². The number of halogens is 1. The van der Waals surface area contributed by atoms with E-state index in [1.54, 1.807) is 18.1 Å². The molecule has 30 heavy (non-hydrogen) atoms. The maximum Gasteiger partial charge on any atom is 0.253 e. The zero-order valence-electron chi connectivity index (χ0n) is 17.5. The first-order chi connectivity index (χ1) is 14.5. The number of ether oxygens (including phenoxy) is 2. The number of aromatic nitrogens is 2. The van der Waals surface area contributed by atoms with Gasteiger partial charge in [-0.1, -0.05) is 12.1 Å². The summed E-state index contributed by atoms with van der Waals surface area (Å²) in [5.41, 5.74) is 2.54. The molecule has 6 nitrogen and oxygen atoms in total. The number of nitrogens with zero attached hydrogens (tertiary/aromatic N) is 3. The molecule has 0 aliphatic carbocycles. The molecule has 0 aliphatic rings. The van der Waals surface area contributed by atoms with Crippen LogP contribution in [0.3, 0.4) is 0 Å². The highest BCUT2D eigenvalue weighted by atomic mass is 79.9. The van der Waals surface area contributed by atoms with Crippen molar-refractivity contribution < 1.29 is 14.3 Å². The second kappa shape index (κ2) is 10.3. The molecule has 0 aliphatic heterocycles. The normalized spacial score (nSPS) is 10.7. The minimum absolute atomic E-state index is 0.0475. The minimum atomic E-state index is -0.0475. The first kappa shape index (κ1) is 21.9. The molecule has 0 spiro atoms. The zero-order valence-corrected chi connectivity index (χ0v) is 19.1. The van der Waals surface area contributed by atoms with Gasteiger partial charge >= 0.3 is 0 Å². The van der Waals surface area contributed by atoms with Crippen molar-refractivity contribution in [3.05, 3.63) is 76.0 Å². The fraction of sp³-hybridized carbons (Fsp3) is 0.304. The molecule has 1 aromatic heterocycles. The smallest absolute Gasteiger partial charge is 0.253 e. The summed E-state index contributed by atoms with van der Waals surface area (Å²) in [5, 5.41) is 4.31. The highest BCUT2D eigenvalue weighted by Gasteiger charge is 2.16. The Morgan fingerprint density at radius 1 is 1.10 bits per heavy atom. The molecule has 0 saturated heterocycles. The summed E-state index contributed by atoms with van der Waals surface area (Å²) < 4.78 is 14.1. The molecule has 0 radical (unpaired) electrons. The summed E-state index contributed by atoms with van der Waals surface area (Å²) in [4.78, 5) is 14.6. The number of benzene rings is 2. The van der Waals surface area contributed by atoms with E-state index >= 15 is 0 Å². The third-order valence-electron chi connectivity index (χ3n) is 4.65. The number of carbonyl (C=O) groups is 1. The predicted molar refractivity (Wildman–Crippen MR) is 120 cm³/mol. The van der Waals surface area contributed by atoms with E-state index in [0.29, 0.717) is 25.3 Å². The van der Waals surface area contributed by atoms with Crippen molar-refractivity contribution >= 4 is 21.8 Å². The van der Waals surface area contributed by atoms with Gasteiger partial charge in [0, 0.05) is 19.2 Å². The first-order valence-corrected chi connectivity index (χ1v) is 10.7. The number of hydrogen-bond acceptors (Lipinski definition) is 4. The maximum absolute atomic E-state index is 12.9. The highest BCUT2D eigenvalue weighted by molar-refractivity contribution is 9.10. The Morgan fingerprint density at radius 2 is 1.80 bits per heavy atom. The first-order valence-electron chi connectivity index (χ1n) is 9.92. The van der Waals surface area contributed by atoms with Crippen LogP contribution in [-0.2, 0) is 19.7 Å². The Kier molecular flexibility index (Phi) is 7.52. The van der Waals surface area contributed by atoms with Crippen molar-refractivity contribution in [2.75, 3.05) is 13.7 Å². The molecule has 158 valence electrons. The lowest BCUT2D eigenvalue weighted by Gasteiger charge is -2.19. The third-order valence-corrected chi connectivity index (χ3v) is 5.31.